The van der Waals surface area contributed by atoms with Crippen LogP contribution in [0.1, 0.15) is 30.9 Å². The van der Waals surface area contributed by atoms with Crippen molar-refractivity contribution < 1.29 is 13.9 Å². The molecule has 0 fully saturated rings. The van der Waals surface area contributed by atoms with Gasteiger partial charge in [0.25, 0.3) is 0 Å². The van der Waals surface area contributed by atoms with Crippen LogP contribution in [-0.4, -0.2) is 29.3 Å². The molecule has 5 nitrogen and oxygen atoms in total. The first-order valence-electron chi connectivity index (χ1n) is 8.87. The van der Waals surface area contributed by atoms with Gasteiger partial charge < -0.3 is 10.5 Å². The molecule has 0 saturated carbocycles. The molecule has 0 aromatic heterocycles. The standard InChI is InChI=1S/C20H22FN3O2S/c1-2-26-19(25)24-20(12-7-13-22,16-9-4-3-5-10-16)27-18(23-24)15-8-6-11-17(21)14-15/h3-6,8-11,14H,2,7,12-13,22H2,1H3. The van der Waals surface area contributed by atoms with E-state index in [2.05, 4.69) is 5.10 Å². The summed E-state index contributed by atoms with van der Waals surface area (Å²) in [5.74, 6) is -0.349. The summed E-state index contributed by atoms with van der Waals surface area (Å²) < 4.78 is 19.0. The number of halogens is 1. The van der Waals surface area contributed by atoms with Crippen molar-refractivity contribution in [2.24, 2.45) is 10.8 Å². The van der Waals surface area contributed by atoms with E-state index in [-0.39, 0.29) is 12.4 Å². The molecule has 0 bridgehead atoms. The third kappa shape index (κ3) is 3.99. The largest absolute Gasteiger partial charge is 0.448 e. The van der Waals surface area contributed by atoms with Gasteiger partial charge in [-0.25, -0.2) is 9.18 Å². The Morgan fingerprint density at radius 3 is 2.70 bits per heavy atom. The van der Waals surface area contributed by atoms with Crippen LogP contribution in [0.3, 0.4) is 0 Å². The monoisotopic (exact) mass is 387 g/mol. The van der Waals surface area contributed by atoms with Gasteiger partial charge in [-0.15, -0.1) is 0 Å². The number of nitrogens with zero attached hydrogens (tertiary/aromatic N) is 2. The molecule has 2 aromatic rings. The Morgan fingerprint density at radius 2 is 2.04 bits per heavy atom. The first-order valence-corrected chi connectivity index (χ1v) is 9.68. The van der Waals surface area contributed by atoms with Crippen molar-refractivity contribution in [2.45, 2.75) is 24.6 Å². The van der Waals surface area contributed by atoms with Crippen LogP contribution in [0.25, 0.3) is 0 Å². The zero-order valence-electron chi connectivity index (χ0n) is 15.1. The minimum absolute atomic E-state index is 0.243. The maximum Gasteiger partial charge on any atom is 0.432 e. The predicted octanol–water partition coefficient (Wildman–Crippen LogP) is 4.28. The lowest BCUT2D eigenvalue weighted by atomic mass is 10.0. The Kier molecular flexibility index (Phi) is 6.13. The summed E-state index contributed by atoms with van der Waals surface area (Å²) in [5, 5.41) is 6.49. The van der Waals surface area contributed by atoms with Gasteiger partial charge in [-0.2, -0.15) is 10.1 Å². The van der Waals surface area contributed by atoms with Crippen LogP contribution in [0.2, 0.25) is 0 Å². The number of hydrogen-bond donors (Lipinski definition) is 1. The van der Waals surface area contributed by atoms with Crippen molar-refractivity contribution in [2.75, 3.05) is 13.2 Å². The van der Waals surface area contributed by atoms with E-state index >= 15 is 0 Å². The molecule has 142 valence electrons. The van der Waals surface area contributed by atoms with Gasteiger partial charge in [0.1, 0.15) is 15.7 Å². The molecule has 0 saturated heterocycles. The topological polar surface area (TPSA) is 67.9 Å². The molecule has 1 heterocycles. The number of hydrazone groups is 1. The van der Waals surface area contributed by atoms with Gasteiger partial charge in [0.2, 0.25) is 0 Å². The number of carbonyl (C=O) groups is 1. The van der Waals surface area contributed by atoms with E-state index in [0.29, 0.717) is 30.0 Å². The molecule has 7 heteroatoms. The highest BCUT2D eigenvalue weighted by molar-refractivity contribution is 8.15. The van der Waals surface area contributed by atoms with Crippen LogP contribution < -0.4 is 5.73 Å². The molecular formula is C20H22FN3O2S. The van der Waals surface area contributed by atoms with Crippen LogP contribution in [0, 0.1) is 5.82 Å². The molecule has 0 radical (unpaired) electrons. The normalized spacial score (nSPS) is 19.1. The molecule has 1 amide bonds. The average molecular weight is 387 g/mol. The first kappa shape index (κ1) is 19.4. The van der Waals surface area contributed by atoms with Crippen molar-refractivity contribution in [1.82, 2.24) is 5.01 Å². The highest BCUT2D eigenvalue weighted by Gasteiger charge is 2.49. The summed E-state index contributed by atoms with van der Waals surface area (Å²) in [6, 6.07) is 15.9. The van der Waals surface area contributed by atoms with E-state index in [1.807, 2.05) is 30.3 Å². The summed E-state index contributed by atoms with van der Waals surface area (Å²) in [4.78, 5) is 11.9. The number of thioether (sulfide) groups is 1. The van der Waals surface area contributed by atoms with Gasteiger partial charge in [0.15, 0.2) is 0 Å². The number of hydrogen-bond acceptors (Lipinski definition) is 5. The van der Waals surface area contributed by atoms with Crippen molar-refractivity contribution in [3.05, 3.63) is 71.5 Å². The fourth-order valence-corrected chi connectivity index (χ4v) is 4.42. The summed E-state index contributed by atoms with van der Waals surface area (Å²) in [7, 11) is 0. The highest BCUT2D eigenvalue weighted by Crippen LogP contribution is 2.50. The number of rotatable bonds is 6. The van der Waals surface area contributed by atoms with E-state index in [0.717, 1.165) is 5.56 Å². The average Bonchev–Trinajstić information content (AvgIpc) is 3.08. The maximum absolute atomic E-state index is 13.7. The van der Waals surface area contributed by atoms with Crippen molar-refractivity contribution in [3.63, 3.8) is 0 Å². The molecule has 2 aromatic carbocycles. The zero-order valence-corrected chi connectivity index (χ0v) is 15.9. The highest BCUT2D eigenvalue weighted by atomic mass is 32.2. The van der Waals surface area contributed by atoms with Gasteiger partial charge in [-0.05, 0) is 44.0 Å². The van der Waals surface area contributed by atoms with E-state index in [4.69, 9.17) is 10.5 Å². The third-order valence-corrected chi connectivity index (χ3v) is 5.72. The number of benzene rings is 2. The third-order valence-electron chi connectivity index (χ3n) is 4.26. The van der Waals surface area contributed by atoms with Gasteiger partial charge >= 0.3 is 6.09 Å². The molecule has 1 unspecified atom stereocenters. The van der Waals surface area contributed by atoms with Gasteiger partial charge in [-0.3, -0.25) is 0 Å². The zero-order chi connectivity index (χ0) is 19.3. The molecule has 1 atom stereocenters. The second-order valence-corrected chi connectivity index (χ2v) is 7.34. The van der Waals surface area contributed by atoms with Crippen LogP contribution >= 0.6 is 11.8 Å². The summed E-state index contributed by atoms with van der Waals surface area (Å²) >= 11 is 1.43. The summed E-state index contributed by atoms with van der Waals surface area (Å²) in [6.07, 6.45) is 0.764. The lowest BCUT2D eigenvalue weighted by Gasteiger charge is -2.35. The van der Waals surface area contributed by atoms with Crippen LogP contribution in [0.15, 0.2) is 59.7 Å². The molecule has 27 heavy (non-hydrogen) atoms. The fraction of sp³-hybridized carbons (Fsp3) is 0.300. The first-order chi connectivity index (χ1) is 13.1. The second kappa shape index (κ2) is 8.54. The number of carbonyl (C=O) groups excluding carboxylic acids is 1. The Bertz CT molecular complexity index is 831. The van der Waals surface area contributed by atoms with Gasteiger partial charge in [-0.1, -0.05) is 54.2 Å². The van der Waals surface area contributed by atoms with Crippen LogP contribution in [0.4, 0.5) is 9.18 Å². The molecule has 3 rings (SSSR count). The molecular weight excluding hydrogens is 365 g/mol. The Balaban J connectivity index is 2.08. The minimum atomic E-state index is -0.783. The molecule has 0 spiro atoms. The number of nitrogens with two attached hydrogens (primary N) is 1. The molecule has 1 aliphatic rings. The minimum Gasteiger partial charge on any atom is -0.448 e. The Hall–Kier alpha value is -2.38. The Labute approximate surface area is 162 Å². The van der Waals surface area contributed by atoms with E-state index in [9.17, 15) is 9.18 Å². The lowest BCUT2D eigenvalue weighted by molar-refractivity contribution is 0.0821. The SMILES string of the molecule is CCOC(=O)N1N=C(c2cccc(F)c2)SC1(CCCN)c1ccccc1. The lowest BCUT2D eigenvalue weighted by Crippen LogP contribution is -2.42. The predicted molar refractivity (Wildman–Crippen MR) is 106 cm³/mol. The molecule has 2 N–H and O–H groups in total. The van der Waals surface area contributed by atoms with Crippen molar-refractivity contribution in [3.8, 4) is 0 Å². The molecule has 1 aliphatic heterocycles. The molecule has 0 aliphatic carbocycles. The number of ether oxygens (including phenoxy) is 1. The van der Waals surface area contributed by atoms with Gasteiger partial charge in [0, 0.05) is 5.56 Å². The van der Waals surface area contributed by atoms with Crippen LogP contribution in [0.5, 0.6) is 0 Å². The fourth-order valence-electron chi connectivity index (χ4n) is 3.03. The van der Waals surface area contributed by atoms with Gasteiger partial charge in [0.05, 0.1) is 6.61 Å². The Morgan fingerprint density at radius 1 is 1.26 bits per heavy atom. The van der Waals surface area contributed by atoms with Crippen LogP contribution in [-0.2, 0) is 9.61 Å². The summed E-state index contributed by atoms with van der Waals surface area (Å²) in [6.45, 7) is 2.48. The number of amides is 1. The van der Waals surface area contributed by atoms with Crippen molar-refractivity contribution >= 4 is 22.9 Å². The quantitative estimate of drug-likeness (QED) is 0.803. The van der Waals surface area contributed by atoms with E-state index < -0.39 is 11.0 Å². The van der Waals surface area contributed by atoms with Crippen molar-refractivity contribution in [1.29, 1.82) is 0 Å². The second-order valence-electron chi connectivity index (χ2n) is 6.07. The summed E-state index contributed by atoms with van der Waals surface area (Å²) in [5.41, 5.74) is 7.31. The van der Waals surface area contributed by atoms with E-state index in [1.54, 1.807) is 19.1 Å². The maximum atomic E-state index is 13.7. The smallest absolute Gasteiger partial charge is 0.432 e. The van der Waals surface area contributed by atoms with E-state index in [1.165, 1.54) is 28.9 Å².